The molecule has 2 N–H and O–H groups in total. The van der Waals surface area contributed by atoms with E-state index in [0.29, 0.717) is 25.9 Å². The first-order valence-electron chi connectivity index (χ1n) is 9.28. The van der Waals surface area contributed by atoms with Gasteiger partial charge in [-0.25, -0.2) is 8.42 Å². The van der Waals surface area contributed by atoms with E-state index in [0.717, 1.165) is 6.54 Å². The summed E-state index contributed by atoms with van der Waals surface area (Å²) in [5.74, 6) is 0.128. The van der Waals surface area contributed by atoms with Gasteiger partial charge in [0.15, 0.2) is 9.84 Å². The highest BCUT2D eigenvalue weighted by Crippen LogP contribution is 2.37. The number of carbonyl (C=O) groups excluding carboxylic acids is 1. The van der Waals surface area contributed by atoms with E-state index in [1.165, 1.54) is 16.7 Å². The number of nitrogens with two attached hydrogens (primary N) is 1. The quantitative estimate of drug-likeness (QED) is 0.834. The van der Waals surface area contributed by atoms with Gasteiger partial charge in [-0.1, -0.05) is 29.3 Å². The van der Waals surface area contributed by atoms with Crippen molar-refractivity contribution in [3.05, 3.63) is 34.9 Å². The van der Waals surface area contributed by atoms with Crippen LogP contribution in [0.4, 0.5) is 0 Å². The van der Waals surface area contributed by atoms with Crippen molar-refractivity contribution in [1.29, 1.82) is 0 Å². The van der Waals surface area contributed by atoms with E-state index in [-0.39, 0.29) is 29.5 Å². The van der Waals surface area contributed by atoms with E-state index < -0.39 is 15.4 Å². The number of hydrogen-bond acceptors (Lipinski definition) is 5. The van der Waals surface area contributed by atoms with Gasteiger partial charge in [0.2, 0.25) is 5.91 Å². The SMILES string of the molecule is Cc1cc(C)cc(CN2CCN(C(=O)C3(N)CC3)[C@@H]3CS(=O)(=O)C[C@@H]32)c1. The molecule has 3 aliphatic rings. The molecule has 0 spiro atoms. The van der Waals surface area contributed by atoms with Crippen molar-refractivity contribution in [3.8, 4) is 0 Å². The van der Waals surface area contributed by atoms with Crippen LogP contribution in [0.3, 0.4) is 0 Å². The van der Waals surface area contributed by atoms with Gasteiger partial charge in [-0.05, 0) is 32.3 Å². The van der Waals surface area contributed by atoms with Crippen molar-refractivity contribution >= 4 is 15.7 Å². The summed E-state index contributed by atoms with van der Waals surface area (Å²) in [4.78, 5) is 16.8. The monoisotopic (exact) mass is 377 g/mol. The van der Waals surface area contributed by atoms with E-state index in [9.17, 15) is 13.2 Å². The predicted molar refractivity (Wildman–Crippen MR) is 100 cm³/mol. The van der Waals surface area contributed by atoms with E-state index in [2.05, 4.69) is 36.9 Å². The number of sulfone groups is 1. The molecule has 1 amide bonds. The van der Waals surface area contributed by atoms with Crippen LogP contribution in [0.2, 0.25) is 0 Å². The van der Waals surface area contributed by atoms with Gasteiger partial charge >= 0.3 is 0 Å². The van der Waals surface area contributed by atoms with E-state index in [1.807, 2.05) is 0 Å². The molecule has 0 radical (unpaired) electrons. The maximum Gasteiger partial charge on any atom is 0.243 e. The molecule has 0 aromatic heterocycles. The summed E-state index contributed by atoms with van der Waals surface area (Å²) < 4.78 is 24.7. The molecule has 1 aromatic carbocycles. The molecule has 0 unspecified atom stereocenters. The van der Waals surface area contributed by atoms with Crippen LogP contribution in [0, 0.1) is 13.8 Å². The fourth-order valence-electron chi connectivity index (χ4n) is 4.50. The number of piperazine rings is 1. The molecule has 2 heterocycles. The number of amides is 1. The van der Waals surface area contributed by atoms with Gasteiger partial charge in [-0.2, -0.15) is 0 Å². The number of nitrogens with zero attached hydrogens (tertiary/aromatic N) is 2. The molecular weight excluding hydrogens is 350 g/mol. The highest BCUT2D eigenvalue weighted by Gasteiger charge is 2.54. The zero-order valence-electron chi connectivity index (χ0n) is 15.4. The lowest BCUT2D eigenvalue weighted by Gasteiger charge is -2.44. The molecule has 142 valence electrons. The number of carbonyl (C=O) groups is 1. The van der Waals surface area contributed by atoms with E-state index >= 15 is 0 Å². The van der Waals surface area contributed by atoms with Crippen molar-refractivity contribution in [2.45, 2.75) is 50.9 Å². The highest BCUT2D eigenvalue weighted by atomic mass is 32.2. The third kappa shape index (κ3) is 3.28. The fraction of sp³-hybridized carbons (Fsp3) is 0.632. The largest absolute Gasteiger partial charge is 0.334 e. The normalized spacial score (nSPS) is 29.4. The summed E-state index contributed by atoms with van der Waals surface area (Å²) in [5.41, 5.74) is 8.98. The molecule has 2 atom stereocenters. The van der Waals surface area contributed by atoms with Crippen LogP contribution in [0.25, 0.3) is 0 Å². The molecule has 3 fully saturated rings. The average molecular weight is 378 g/mol. The third-order valence-electron chi connectivity index (χ3n) is 5.93. The summed E-state index contributed by atoms with van der Waals surface area (Å²) >= 11 is 0. The minimum Gasteiger partial charge on any atom is -0.334 e. The molecule has 2 aliphatic heterocycles. The minimum absolute atomic E-state index is 0.0584. The van der Waals surface area contributed by atoms with Crippen LogP contribution in [0.15, 0.2) is 18.2 Å². The lowest BCUT2D eigenvalue weighted by molar-refractivity contribution is -0.139. The lowest BCUT2D eigenvalue weighted by atomic mass is 10.0. The molecule has 2 saturated heterocycles. The molecule has 0 bridgehead atoms. The average Bonchev–Trinajstić information content (AvgIpc) is 3.18. The van der Waals surface area contributed by atoms with E-state index in [1.54, 1.807) is 4.90 Å². The Labute approximate surface area is 155 Å². The zero-order valence-corrected chi connectivity index (χ0v) is 16.3. The summed E-state index contributed by atoms with van der Waals surface area (Å²) in [6, 6.07) is 6.04. The topological polar surface area (TPSA) is 83.7 Å². The van der Waals surface area contributed by atoms with Crippen LogP contribution in [0.5, 0.6) is 0 Å². The number of benzene rings is 1. The van der Waals surface area contributed by atoms with Crippen LogP contribution in [0.1, 0.15) is 29.5 Å². The molecule has 1 saturated carbocycles. The Morgan fingerprint density at radius 2 is 1.73 bits per heavy atom. The second-order valence-electron chi connectivity index (χ2n) is 8.33. The smallest absolute Gasteiger partial charge is 0.243 e. The van der Waals surface area contributed by atoms with Gasteiger partial charge < -0.3 is 10.6 Å². The van der Waals surface area contributed by atoms with Crippen LogP contribution >= 0.6 is 0 Å². The van der Waals surface area contributed by atoms with Crippen molar-refractivity contribution < 1.29 is 13.2 Å². The number of hydrogen-bond donors (Lipinski definition) is 1. The van der Waals surface area contributed by atoms with Crippen LogP contribution in [-0.2, 0) is 21.2 Å². The summed E-state index contributed by atoms with van der Waals surface area (Å²) in [6.45, 7) is 6.11. The Morgan fingerprint density at radius 3 is 2.35 bits per heavy atom. The Balaban J connectivity index is 1.58. The zero-order chi connectivity index (χ0) is 18.7. The van der Waals surface area contributed by atoms with Gasteiger partial charge in [0, 0.05) is 25.7 Å². The predicted octanol–water partition coefficient (Wildman–Crippen LogP) is 0.605. The van der Waals surface area contributed by atoms with Gasteiger partial charge in [0.25, 0.3) is 0 Å². The van der Waals surface area contributed by atoms with Gasteiger partial charge in [0.1, 0.15) is 0 Å². The standard InChI is InChI=1S/C19H27N3O3S/c1-13-7-14(2)9-15(8-13)10-21-5-6-22(18(23)19(20)3-4-19)17-12-26(24,25)11-16(17)21/h7-9,16-17H,3-6,10-12,20H2,1-2H3/t16-,17+/m0/s1. The van der Waals surface area contributed by atoms with Crippen LogP contribution < -0.4 is 5.73 Å². The van der Waals surface area contributed by atoms with Crippen LogP contribution in [-0.4, -0.2) is 66.3 Å². The van der Waals surface area contributed by atoms with E-state index in [4.69, 9.17) is 5.73 Å². The fourth-order valence-corrected chi connectivity index (χ4v) is 6.51. The maximum absolute atomic E-state index is 12.8. The van der Waals surface area contributed by atoms with Crippen molar-refractivity contribution in [1.82, 2.24) is 9.80 Å². The summed E-state index contributed by atoms with van der Waals surface area (Å²) in [7, 11) is -3.14. The first kappa shape index (κ1) is 17.9. The second-order valence-corrected chi connectivity index (χ2v) is 10.5. The molecule has 1 aliphatic carbocycles. The van der Waals surface area contributed by atoms with Crippen molar-refractivity contribution in [2.75, 3.05) is 24.6 Å². The molecule has 26 heavy (non-hydrogen) atoms. The number of aryl methyl sites for hydroxylation is 2. The Bertz CT molecular complexity index is 827. The van der Waals surface area contributed by atoms with Gasteiger partial charge in [-0.15, -0.1) is 0 Å². The molecular formula is C19H27N3O3S. The van der Waals surface area contributed by atoms with Gasteiger partial charge in [-0.3, -0.25) is 9.69 Å². The Hall–Kier alpha value is -1.44. The Kier molecular flexibility index (Phi) is 4.17. The Morgan fingerprint density at radius 1 is 1.12 bits per heavy atom. The molecule has 4 rings (SSSR count). The molecule has 7 heteroatoms. The van der Waals surface area contributed by atoms with Gasteiger partial charge in [0.05, 0.1) is 23.1 Å². The number of fused-ring (bicyclic) bond motifs is 1. The minimum atomic E-state index is -3.14. The second kappa shape index (κ2) is 6.04. The first-order valence-corrected chi connectivity index (χ1v) is 11.1. The summed E-state index contributed by atoms with van der Waals surface area (Å²) in [5, 5.41) is 0. The third-order valence-corrected chi connectivity index (χ3v) is 7.63. The highest BCUT2D eigenvalue weighted by molar-refractivity contribution is 7.91. The molecule has 1 aromatic rings. The first-order chi connectivity index (χ1) is 12.2. The summed E-state index contributed by atoms with van der Waals surface area (Å²) in [6.07, 6.45) is 1.41. The number of rotatable bonds is 3. The van der Waals surface area contributed by atoms with Crippen molar-refractivity contribution in [2.24, 2.45) is 5.73 Å². The maximum atomic E-state index is 12.8. The van der Waals surface area contributed by atoms with Crippen molar-refractivity contribution in [3.63, 3.8) is 0 Å². The lowest BCUT2D eigenvalue weighted by Crippen LogP contribution is -2.63. The molecule has 6 nitrogen and oxygen atoms in total.